The molecule has 0 saturated carbocycles. The Morgan fingerprint density at radius 3 is 2.08 bits per heavy atom. The highest BCUT2D eigenvalue weighted by Crippen LogP contribution is 2.40. The first-order valence-corrected chi connectivity index (χ1v) is 17.8. The molecule has 1 fully saturated rings. The number of methoxy groups -OCH3 is 1. The van der Waals surface area contributed by atoms with E-state index in [2.05, 4.69) is 0 Å². The zero-order chi connectivity index (χ0) is 38.1. The van der Waals surface area contributed by atoms with Crippen LogP contribution in [0.4, 0.5) is 0 Å². The molecule has 2 heterocycles. The van der Waals surface area contributed by atoms with Gasteiger partial charge in [-0.3, -0.25) is 4.79 Å². The normalized spacial score (nSPS) is 18.4. The molecule has 2 unspecified atom stereocenters. The summed E-state index contributed by atoms with van der Waals surface area (Å²) in [6.07, 6.45) is -4.00. The molecule has 0 bridgehead atoms. The third kappa shape index (κ3) is 8.57. The first kappa shape index (κ1) is 39.4. The summed E-state index contributed by atoms with van der Waals surface area (Å²) >= 11 is 0. The van der Waals surface area contributed by atoms with Crippen LogP contribution in [0, 0.1) is 0 Å². The summed E-state index contributed by atoms with van der Waals surface area (Å²) in [5.74, 6) is -6.54. The molecule has 3 aromatic carbocycles. The molecule has 5 rings (SSSR count). The summed E-state index contributed by atoms with van der Waals surface area (Å²) in [4.78, 5) is 56.6. The number of benzene rings is 3. The van der Waals surface area contributed by atoms with E-state index in [9.17, 15) is 14.4 Å². The van der Waals surface area contributed by atoms with E-state index < -0.39 is 60.1 Å². The predicted molar refractivity (Wildman–Crippen MR) is 189 cm³/mol. The van der Waals surface area contributed by atoms with E-state index >= 15 is 4.79 Å². The maximum Gasteiger partial charge on any atom is 0.379 e. The molecule has 4 atom stereocenters. The number of esters is 3. The first-order chi connectivity index (χ1) is 25.6. The van der Waals surface area contributed by atoms with Crippen LogP contribution in [0.15, 0.2) is 60.7 Å². The van der Waals surface area contributed by atoms with Crippen molar-refractivity contribution in [2.24, 2.45) is 0 Å². The van der Waals surface area contributed by atoms with Crippen LogP contribution >= 0.6 is 0 Å². The summed E-state index contributed by atoms with van der Waals surface area (Å²) in [5, 5.41) is 1.95. The Morgan fingerprint density at radius 2 is 1.43 bits per heavy atom. The van der Waals surface area contributed by atoms with Gasteiger partial charge in [-0.05, 0) is 74.7 Å². The second-order valence-corrected chi connectivity index (χ2v) is 12.3. The Bertz CT molecular complexity index is 1740. The van der Waals surface area contributed by atoms with Gasteiger partial charge >= 0.3 is 23.7 Å². The minimum atomic E-state index is -2.87. The van der Waals surface area contributed by atoms with Gasteiger partial charge in [0.1, 0.15) is 0 Å². The van der Waals surface area contributed by atoms with Crippen LogP contribution in [-0.2, 0) is 58.9 Å². The van der Waals surface area contributed by atoms with Gasteiger partial charge in [-0.1, -0.05) is 42.5 Å². The largest absolute Gasteiger partial charge is 0.467 e. The molecule has 3 aromatic rings. The summed E-state index contributed by atoms with van der Waals surface area (Å²) in [6, 6.07) is 18.5. The van der Waals surface area contributed by atoms with Crippen molar-refractivity contribution in [1.29, 1.82) is 0 Å². The van der Waals surface area contributed by atoms with Crippen LogP contribution in [0.3, 0.4) is 0 Å². The highest BCUT2D eigenvalue weighted by molar-refractivity contribution is 6.04. The average Bonchev–Trinajstić information content (AvgIpc) is 3.81. The fraction of sp³-hybridized carbons (Fsp3) is 0.487. The monoisotopic (exact) mass is 737 g/mol. The van der Waals surface area contributed by atoms with E-state index in [0.29, 0.717) is 31.1 Å². The van der Waals surface area contributed by atoms with Gasteiger partial charge in [0.25, 0.3) is 5.91 Å². The summed E-state index contributed by atoms with van der Waals surface area (Å²) in [7, 11) is 1.09. The van der Waals surface area contributed by atoms with E-state index in [4.69, 9.17) is 42.6 Å². The maximum absolute atomic E-state index is 15.1. The number of carbonyl (C=O) groups excluding carboxylic acids is 4. The average molecular weight is 738 g/mol. The Labute approximate surface area is 308 Å². The minimum absolute atomic E-state index is 0.0272. The van der Waals surface area contributed by atoms with E-state index in [-0.39, 0.29) is 26.6 Å². The van der Waals surface area contributed by atoms with Crippen LogP contribution in [0.1, 0.15) is 58.1 Å². The number of amides is 1. The molecule has 0 aromatic heterocycles. The van der Waals surface area contributed by atoms with Gasteiger partial charge in [-0.25, -0.2) is 14.4 Å². The fourth-order valence-electron chi connectivity index (χ4n) is 6.56. The topological polar surface area (TPSA) is 155 Å². The van der Waals surface area contributed by atoms with Crippen molar-refractivity contribution in [3.63, 3.8) is 0 Å². The Balaban J connectivity index is 1.63. The molecule has 286 valence electrons. The number of rotatable bonds is 17. The number of fused-ring (bicyclic) bond motifs is 2. The standard InChI is InChI=1S/C39H47NO13/c1-7-46-32(47-8-2)21-29(28-17-18-30-31(20-28)51-23-50-30)24(5)40(22-25-15-16-26-13-11-12-14-27(26)19-25)35(41)33-34(36(42)45-6)53-39(52-33,37(43)48-9-3)38(44)49-10-4/h11-20,24,29,32-34H,7-10,21-23H2,1-6H3/t24-,29+,33?,34?/m1/s1. The molecule has 53 heavy (non-hydrogen) atoms. The molecule has 0 N–H and O–H groups in total. The quantitative estimate of drug-likeness (QED) is 0.0819. The second-order valence-electron chi connectivity index (χ2n) is 12.3. The van der Waals surface area contributed by atoms with E-state index in [1.165, 1.54) is 18.7 Å². The van der Waals surface area contributed by atoms with Crippen molar-refractivity contribution in [1.82, 2.24) is 4.90 Å². The summed E-state index contributed by atoms with van der Waals surface area (Å²) in [6.45, 7) is 9.18. The number of hydrogen-bond acceptors (Lipinski definition) is 13. The van der Waals surface area contributed by atoms with Crippen LogP contribution in [-0.4, -0.2) is 99.4 Å². The van der Waals surface area contributed by atoms with Crippen molar-refractivity contribution < 1.29 is 61.8 Å². The molecular weight excluding hydrogens is 690 g/mol. The van der Waals surface area contributed by atoms with E-state index in [1.807, 2.05) is 75.4 Å². The van der Waals surface area contributed by atoms with Crippen molar-refractivity contribution in [2.45, 2.75) is 83.8 Å². The highest BCUT2D eigenvalue weighted by atomic mass is 16.8. The molecule has 0 radical (unpaired) electrons. The number of carbonyl (C=O) groups is 4. The van der Waals surface area contributed by atoms with Crippen molar-refractivity contribution in [3.8, 4) is 11.5 Å². The van der Waals surface area contributed by atoms with Gasteiger partial charge in [0, 0.05) is 38.1 Å². The number of nitrogens with zero attached hydrogens (tertiary/aromatic N) is 1. The lowest BCUT2D eigenvalue weighted by Crippen LogP contribution is -2.52. The number of ether oxygens (including phenoxy) is 9. The minimum Gasteiger partial charge on any atom is -0.467 e. The lowest BCUT2D eigenvalue weighted by molar-refractivity contribution is -0.227. The van der Waals surface area contributed by atoms with E-state index in [1.54, 1.807) is 6.07 Å². The maximum atomic E-state index is 15.1. The Hall–Kier alpha value is -4.76. The smallest absolute Gasteiger partial charge is 0.379 e. The molecule has 1 saturated heterocycles. The molecular formula is C39H47NO13. The van der Waals surface area contributed by atoms with Gasteiger partial charge in [0.2, 0.25) is 6.79 Å². The third-order valence-electron chi connectivity index (χ3n) is 9.13. The molecule has 2 aliphatic rings. The van der Waals surface area contributed by atoms with E-state index in [0.717, 1.165) is 29.0 Å². The van der Waals surface area contributed by atoms with Gasteiger partial charge in [0.15, 0.2) is 30.0 Å². The SMILES string of the molecule is CCOC(=O)C1(C(=O)OCC)OC(C(=O)OC)C(C(=O)N(Cc2ccc3ccccc3c2)[C@H](C)[C@H](CC(OCC)OCC)c2ccc3c(c2)OCO3)O1. The lowest BCUT2D eigenvalue weighted by atomic mass is 9.87. The summed E-state index contributed by atoms with van der Waals surface area (Å²) < 4.78 is 50.2. The van der Waals surface area contributed by atoms with Crippen LogP contribution < -0.4 is 9.47 Å². The van der Waals surface area contributed by atoms with Crippen molar-refractivity contribution in [3.05, 3.63) is 71.8 Å². The third-order valence-corrected chi connectivity index (χ3v) is 9.13. The van der Waals surface area contributed by atoms with Gasteiger partial charge < -0.3 is 47.5 Å². The van der Waals surface area contributed by atoms with Gasteiger partial charge in [0.05, 0.1) is 20.3 Å². The highest BCUT2D eigenvalue weighted by Gasteiger charge is 2.65. The van der Waals surface area contributed by atoms with Gasteiger partial charge in [-0.15, -0.1) is 0 Å². The zero-order valence-corrected chi connectivity index (χ0v) is 30.9. The number of hydrogen-bond donors (Lipinski definition) is 0. The van der Waals surface area contributed by atoms with Crippen LogP contribution in [0.5, 0.6) is 11.5 Å². The Kier molecular flexibility index (Phi) is 13.3. The molecule has 0 aliphatic carbocycles. The molecule has 14 nitrogen and oxygen atoms in total. The zero-order valence-electron chi connectivity index (χ0n) is 30.9. The molecule has 1 amide bonds. The predicted octanol–water partition coefficient (Wildman–Crippen LogP) is 4.64. The first-order valence-electron chi connectivity index (χ1n) is 17.8. The second kappa shape index (κ2) is 17.8. The molecule has 14 heteroatoms. The summed E-state index contributed by atoms with van der Waals surface area (Å²) in [5.41, 5.74) is 1.55. The van der Waals surface area contributed by atoms with Crippen LogP contribution in [0.2, 0.25) is 0 Å². The lowest BCUT2D eigenvalue weighted by Gasteiger charge is -2.38. The van der Waals surface area contributed by atoms with Crippen molar-refractivity contribution >= 4 is 34.6 Å². The van der Waals surface area contributed by atoms with Crippen molar-refractivity contribution in [2.75, 3.05) is 40.3 Å². The van der Waals surface area contributed by atoms with Crippen LogP contribution in [0.25, 0.3) is 10.8 Å². The van der Waals surface area contributed by atoms with Gasteiger partial charge in [-0.2, -0.15) is 0 Å². The molecule has 2 aliphatic heterocycles. The fourth-order valence-corrected chi connectivity index (χ4v) is 6.56. The Morgan fingerprint density at radius 1 is 0.792 bits per heavy atom. The molecule has 0 spiro atoms.